The van der Waals surface area contributed by atoms with Crippen molar-refractivity contribution >= 4 is 39.3 Å². The maximum absolute atomic E-state index is 12.3. The topological polar surface area (TPSA) is 46.9 Å². The Hall–Kier alpha value is -1.27. The number of anilines is 1. The molecule has 2 aromatic rings. The Labute approximate surface area is 161 Å². The van der Waals surface area contributed by atoms with Crippen LogP contribution in [0.3, 0.4) is 0 Å². The molecule has 1 aliphatic rings. The van der Waals surface area contributed by atoms with Crippen LogP contribution in [0.25, 0.3) is 0 Å². The standard InChI is InChI=1S/C19H24BrN3OS/c1-12-8-9-15(10-17(12)20)22-18(24)11-25-19-21-13(2)14(3)23(19)16-6-4-5-7-16/h8-10,16H,4-7,11H2,1-3H3,(H,22,24). The van der Waals surface area contributed by atoms with Crippen LogP contribution in [0.5, 0.6) is 0 Å². The summed E-state index contributed by atoms with van der Waals surface area (Å²) in [6.45, 7) is 6.21. The Morgan fingerprint density at radius 3 is 2.72 bits per heavy atom. The molecule has 0 aliphatic heterocycles. The smallest absolute Gasteiger partial charge is 0.234 e. The maximum Gasteiger partial charge on any atom is 0.234 e. The average molecular weight is 422 g/mol. The predicted molar refractivity (Wildman–Crippen MR) is 107 cm³/mol. The van der Waals surface area contributed by atoms with Crippen LogP contribution in [-0.2, 0) is 4.79 Å². The van der Waals surface area contributed by atoms with Gasteiger partial charge in [0, 0.05) is 21.9 Å². The second-order valence-corrected chi connectivity index (χ2v) is 8.47. The third-order valence-electron chi connectivity index (χ3n) is 4.83. The molecular formula is C19H24BrN3OS. The van der Waals surface area contributed by atoms with Crippen LogP contribution in [0.1, 0.15) is 48.7 Å². The number of nitrogens with one attached hydrogen (secondary N) is 1. The lowest BCUT2D eigenvalue weighted by molar-refractivity contribution is -0.113. The molecule has 1 heterocycles. The Bertz CT molecular complexity index is 781. The molecule has 3 rings (SSSR count). The molecule has 0 unspecified atom stereocenters. The van der Waals surface area contributed by atoms with Gasteiger partial charge >= 0.3 is 0 Å². The summed E-state index contributed by atoms with van der Waals surface area (Å²) in [5, 5.41) is 3.94. The zero-order chi connectivity index (χ0) is 18.0. The van der Waals surface area contributed by atoms with Crippen molar-refractivity contribution in [2.45, 2.75) is 57.7 Å². The van der Waals surface area contributed by atoms with Gasteiger partial charge in [-0.2, -0.15) is 0 Å². The summed E-state index contributed by atoms with van der Waals surface area (Å²) in [6, 6.07) is 6.40. The summed E-state index contributed by atoms with van der Waals surface area (Å²) in [7, 11) is 0. The average Bonchev–Trinajstić information content (AvgIpc) is 3.18. The summed E-state index contributed by atoms with van der Waals surface area (Å²) >= 11 is 5.03. The quantitative estimate of drug-likeness (QED) is 0.655. The van der Waals surface area contributed by atoms with E-state index in [1.165, 1.54) is 43.1 Å². The number of aryl methyl sites for hydroxylation is 2. The van der Waals surface area contributed by atoms with Crippen molar-refractivity contribution in [1.82, 2.24) is 9.55 Å². The fraction of sp³-hybridized carbons (Fsp3) is 0.474. The van der Waals surface area contributed by atoms with Crippen LogP contribution in [0.4, 0.5) is 5.69 Å². The number of halogens is 1. The van der Waals surface area contributed by atoms with Gasteiger partial charge < -0.3 is 9.88 Å². The Morgan fingerprint density at radius 2 is 2.04 bits per heavy atom. The third kappa shape index (κ3) is 4.29. The van der Waals surface area contributed by atoms with Crippen LogP contribution < -0.4 is 5.32 Å². The number of imidazole rings is 1. The molecule has 1 N–H and O–H groups in total. The van der Waals surface area contributed by atoms with Crippen molar-refractivity contribution in [3.8, 4) is 0 Å². The largest absolute Gasteiger partial charge is 0.325 e. The number of benzene rings is 1. The fourth-order valence-corrected chi connectivity index (χ4v) is 4.63. The molecule has 1 aliphatic carbocycles. The van der Waals surface area contributed by atoms with Crippen molar-refractivity contribution in [2.75, 3.05) is 11.1 Å². The van der Waals surface area contributed by atoms with E-state index in [9.17, 15) is 4.79 Å². The van der Waals surface area contributed by atoms with E-state index in [1.807, 2.05) is 25.1 Å². The zero-order valence-corrected chi connectivity index (χ0v) is 17.3. The van der Waals surface area contributed by atoms with Crippen LogP contribution in [0, 0.1) is 20.8 Å². The van der Waals surface area contributed by atoms with Crippen LogP contribution >= 0.6 is 27.7 Å². The van der Waals surface area contributed by atoms with Gasteiger partial charge in [0.25, 0.3) is 0 Å². The fourth-order valence-electron chi connectivity index (χ4n) is 3.29. The third-order valence-corrected chi connectivity index (χ3v) is 6.64. The minimum absolute atomic E-state index is 0.00275. The molecule has 1 aromatic carbocycles. The highest BCUT2D eigenvalue weighted by atomic mass is 79.9. The Kier molecular flexibility index (Phi) is 5.89. The lowest BCUT2D eigenvalue weighted by Crippen LogP contribution is -2.15. The van der Waals surface area contributed by atoms with Gasteiger partial charge in [-0.3, -0.25) is 4.79 Å². The highest BCUT2D eigenvalue weighted by Gasteiger charge is 2.23. The van der Waals surface area contributed by atoms with Gasteiger partial charge in [-0.1, -0.05) is 46.6 Å². The molecule has 1 aromatic heterocycles. The minimum Gasteiger partial charge on any atom is -0.325 e. The number of rotatable bonds is 5. The molecule has 0 bridgehead atoms. The highest BCUT2D eigenvalue weighted by Crippen LogP contribution is 2.35. The number of thioether (sulfide) groups is 1. The normalized spacial score (nSPS) is 14.9. The molecule has 0 spiro atoms. The number of aromatic nitrogens is 2. The molecule has 1 saturated carbocycles. The molecule has 25 heavy (non-hydrogen) atoms. The predicted octanol–water partition coefficient (Wildman–Crippen LogP) is 5.42. The van der Waals surface area contributed by atoms with Gasteiger partial charge in [-0.15, -0.1) is 0 Å². The van der Waals surface area contributed by atoms with Crippen molar-refractivity contribution in [2.24, 2.45) is 0 Å². The second-order valence-electron chi connectivity index (χ2n) is 6.67. The number of carbonyl (C=O) groups excluding carboxylic acids is 1. The van der Waals surface area contributed by atoms with Gasteiger partial charge in [0.15, 0.2) is 5.16 Å². The summed E-state index contributed by atoms with van der Waals surface area (Å²) in [6.07, 6.45) is 5.00. The highest BCUT2D eigenvalue weighted by molar-refractivity contribution is 9.10. The monoisotopic (exact) mass is 421 g/mol. The van der Waals surface area contributed by atoms with E-state index in [4.69, 9.17) is 4.98 Å². The lowest BCUT2D eigenvalue weighted by atomic mass is 10.2. The van der Waals surface area contributed by atoms with Crippen LogP contribution in [0.15, 0.2) is 27.8 Å². The summed E-state index contributed by atoms with van der Waals surface area (Å²) < 4.78 is 3.35. The molecule has 1 fully saturated rings. The number of amides is 1. The molecule has 134 valence electrons. The summed E-state index contributed by atoms with van der Waals surface area (Å²) in [4.78, 5) is 17.0. The Balaban J connectivity index is 1.65. The summed E-state index contributed by atoms with van der Waals surface area (Å²) in [5.74, 6) is 0.366. The van der Waals surface area contributed by atoms with Crippen molar-refractivity contribution in [3.05, 3.63) is 39.6 Å². The molecule has 0 radical (unpaired) electrons. The van der Waals surface area contributed by atoms with E-state index in [2.05, 4.69) is 39.7 Å². The van der Waals surface area contributed by atoms with E-state index in [-0.39, 0.29) is 5.91 Å². The molecule has 0 atom stereocenters. The first-order chi connectivity index (χ1) is 12.0. The van der Waals surface area contributed by atoms with Gasteiger partial charge in [0.05, 0.1) is 11.4 Å². The van der Waals surface area contributed by atoms with E-state index < -0.39 is 0 Å². The lowest BCUT2D eigenvalue weighted by Gasteiger charge is -2.17. The van der Waals surface area contributed by atoms with Crippen LogP contribution in [0.2, 0.25) is 0 Å². The molecule has 0 saturated heterocycles. The van der Waals surface area contributed by atoms with E-state index in [1.54, 1.807) is 0 Å². The van der Waals surface area contributed by atoms with Crippen molar-refractivity contribution in [1.29, 1.82) is 0 Å². The SMILES string of the molecule is Cc1ccc(NC(=O)CSc2nc(C)c(C)n2C2CCCC2)cc1Br. The van der Waals surface area contributed by atoms with Crippen molar-refractivity contribution in [3.63, 3.8) is 0 Å². The van der Waals surface area contributed by atoms with Gasteiger partial charge in [0.2, 0.25) is 5.91 Å². The number of nitrogens with zero attached hydrogens (tertiary/aromatic N) is 2. The number of hydrogen-bond acceptors (Lipinski definition) is 3. The Morgan fingerprint density at radius 1 is 1.32 bits per heavy atom. The van der Waals surface area contributed by atoms with Crippen LogP contribution in [-0.4, -0.2) is 21.2 Å². The van der Waals surface area contributed by atoms with Crippen molar-refractivity contribution < 1.29 is 4.79 Å². The van der Waals surface area contributed by atoms with E-state index in [0.717, 1.165) is 26.6 Å². The van der Waals surface area contributed by atoms with Gasteiger partial charge in [-0.05, 0) is 51.3 Å². The second kappa shape index (κ2) is 7.96. The molecule has 1 amide bonds. The molecule has 6 heteroatoms. The first-order valence-electron chi connectivity index (χ1n) is 8.70. The maximum atomic E-state index is 12.3. The van der Waals surface area contributed by atoms with Gasteiger partial charge in [0.1, 0.15) is 0 Å². The van der Waals surface area contributed by atoms with E-state index >= 15 is 0 Å². The van der Waals surface area contributed by atoms with Gasteiger partial charge in [-0.25, -0.2) is 4.98 Å². The summed E-state index contributed by atoms with van der Waals surface area (Å²) in [5.41, 5.74) is 4.26. The number of carbonyl (C=O) groups is 1. The minimum atomic E-state index is -0.00275. The molecular weight excluding hydrogens is 398 g/mol. The zero-order valence-electron chi connectivity index (χ0n) is 14.9. The first kappa shape index (κ1) is 18.5. The number of hydrogen-bond donors (Lipinski definition) is 1. The van der Waals surface area contributed by atoms with E-state index in [0.29, 0.717) is 11.8 Å². The first-order valence-corrected chi connectivity index (χ1v) is 10.5. The molecule has 4 nitrogen and oxygen atoms in total.